The third-order valence-electron chi connectivity index (χ3n) is 13.8. The van der Waals surface area contributed by atoms with Crippen molar-refractivity contribution < 1.29 is 24.2 Å². The Morgan fingerprint density at radius 3 is 2.21 bits per heavy atom. The highest BCUT2D eigenvalue weighted by Crippen LogP contribution is 2.77. The molecule has 0 heterocycles. The zero-order chi connectivity index (χ0) is 27.9. The van der Waals surface area contributed by atoms with Crippen LogP contribution in [0.1, 0.15) is 106 Å². The van der Waals surface area contributed by atoms with Gasteiger partial charge in [-0.05, 0) is 112 Å². The molecule has 0 aromatic heterocycles. The van der Waals surface area contributed by atoms with Gasteiger partial charge in [0.1, 0.15) is 6.10 Å². The molecule has 1 N–H and O–H groups in total. The minimum atomic E-state index is -0.434. The van der Waals surface area contributed by atoms with E-state index < -0.39 is 5.41 Å². The lowest BCUT2D eigenvalue weighted by Gasteiger charge is -2.73. The van der Waals surface area contributed by atoms with E-state index in [0.29, 0.717) is 23.7 Å². The summed E-state index contributed by atoms with van der Waals surface area (Å²) < 4.78 is 11.4. The molecule has 0 unspecified atom stereocenters. The first-order valence-electron chi connectivity index (χ1n) is 15.3. The largest absolute Gasteiger partial charge is 0.469 e. The topological polar surface area (TPSA) is 72.8 Å². The van der Waals surface area contributed by atoms with Gasteiger partial charge in [0, 0.05) is 24.4 Å². The number of aliphatic hydroxyl groups is 1. The Kier molecular flexibility index (Phi) is 6.73. The summed E-state index contributed by atoms with van der Waals surface area (Å²) in [4.78, 5) is 25.4. The second-order valence-electron chi connectivity index (χ2n) is 15.2. The monoisotopic (exact) mass is 528 g/mol. The van der Waals surface area contributed by atoms with Gasteiger partial charge in [-0.2, -0.15) is 0 Å². The van der Waals surface area contributed by atoms with Gasteiger partial charge in [0.05, 0.1) is 12.5 Å². The van der Waals surface area contributed by atoms with Crippen LogP contribution >= 0.6 is 0 Å². The predicted octanol–water partition coefficient (Wildman–Crippen LogP) is 6.72. The number of esters is 2. The van der Waals surface area contributed by atoms with Crippen molar-refractivity contribution in [1.29, 1.82) is 0 Å². The van der Waals surface area contributed by atoms with Crippen LogP contribution in [0.15, 0.2) is 12.2 Å². The van der Waals surface area contributed by atoms with Crippen molar-refractivity contribution in [2.45, 2.75) is 112 Å². The van der Waals surface area contributed by atoms with E-state index in [1.54, 1.807) is 7.11 Å². The number of rotatable bonds is 4. The molecule has 5 aliphatic rings. The first kappa shape index (κ1) is 28.2. The summed E-state index contributed by atoms with van der Waals surface area (Å²) in [5.41, 5.74) is 0.623. The van der Waals surface area contributed by atoms with E-state index in [1.807, 2.05) is 0 Å². The van der Waals surface area contributed by atoms with Crippen molar-refractivity contribution in [2.75, 3.05) is 13.7 Å². The molecule has 0 bridgehead atoms. The molecule has 0 aliphatic heterocycles. The van der Waals surface area contributed by atoms with Gasteiger partial charge in [-0.15, -0.1) is 0 Å². The van der Waals surface area contributed by atoms with Crippen molar-refractivity contribution in [3.63, 3.8) is 0 Å². The predicted molar refractivity (Wildman–Crippen MR) is 148 cm³/mol. The van der Waals surface area contributed by atoms with Gasteiger partial charge in [0.25, 0.3) is 0 Å². The van der Waals surface area contributed by atoms with Crippen molar-refractivity contribution in [2.24, 2.45) is 56.7 Å². The fourth-order valence-corrected chi connectivity index (χ4v) is 12.2. The molecule has 5 heteroatoms. The van der Waals surface area contributed by atoms with E-state index in [9.17, 15) is 14.7 Å². The normalized spacial score (nSPS) is 49.1. The maximum Gasteiger partial charge on any atom is 0.312 e. The summed E-state index contributed by atoms with van der Waals surface area (Å²) in [6.07, 6.45) is 9.91. The van der Waals surface area contributed by atoms with E-state index >= 15 is 0 Å². The van der Waals surface area contributed by atoms with Gasteiger partial charge in [0.15, 0.2) is 0 Å². The van der Waals surface area contributed by atoms with E-state index in [-0.39, 0.29) is 52.2 Å². The molecule has 0 aromatic carbocycles. The summed E-state index contributed by atoms with van der Waals surface area (Å²) >= 11 is 0. The minimum absolute atomic E-state index is 0.00472. The second kappa shape index (κ2) is 9.08. The standard InChI is InChI=1S/C33H52O5/c1-20(2)22-11-16-32(28(36)37-8)17-18-33(19-34)23(27(22)32)9-10-25-30(6)14-13-26(38-21(3)35)29(4,5)24(30)12-15-31(25,33)7/h22-27,34H,1,9-19H2,2-8H3/t22-,23+,24-,25+,26-,27+,30-,31+,32-,33-/m0/s1. The Hall–Kier alpha value is -1.36. The van der Waals surface area contributed by atoms with Gasteiger partial charge >= 0.3 is 11.9 Å². The minimum Gasteiger partial charge on any atom is -0.469 e. The third-order valence-corrected chi connectivity index (χ3v) is 13.8. The van der Waals surface area contributed by atoms with Gasteiger partial charge in [-0.1, -0.05) is 39.8 Å². The molecule has 38 heavy (non-hydrogen) atoms. The number of aliphatic hydroxyl groups excluding tert-OH is 1. The molecular formula is C33H52O5. The van der Waals surface area contributed by atoms with Crippen LogP contribution in [0, 0.1) is 56.7 Å². The molecule has 0 aromatic rings. The van der Waals surface area contributed by atoms with Crippen molar-refractivity contribution >= 4 is 11.9 Å². The lowest BCUT2D eigenvalue weighted by molar-refractivity contribution is -0.263. The number of ether oxygens (including phenoxy) is 2. The zero-order valence-corrected chi connectivity index (χ0v) is 25.0. The quantitative estimate of drug-likeness (QED) is 0.324. The highest BCUT2D eigenvalue weighted by Gasteiger charge is 2.73. The highest BCUT2D eigenvalue weighted by molar-refractivity contribution is 5.78. The molecule has 214 valence electrons. The van der Waals surface area contributed by atoms with Crippen LogP contribution in [0.5, 0.6) is 0 Å². The summed E-state index contributed by atoms with van der Waals surface area (Å²) in [5, 5.41) is 11.4. The molecule has 5 saturated carbocycles. The summed E-state index contributed by atoms with van der Waals surface area (Å²) in [6, 6.07) is 0. The first-order chi connectivity index (χ1) is 17.7. The Bertz CT molecular complexity index is 1000. The maximum atomic E-state index is 13.4. The summed E-state index contributed by atoms with van der Waals surface area (Å²) in [6.45, 7) is 17.9. The second-order valence-corrected chi connectivity index (χ2v) is 15.2. The number of hydrogen-bond donors (Lipinski definition) is 1. The van der Waals surface area contributed by atoms with Crippen molar-refractivity contribution in [1.82, 2.24) is 0 Å². The van der Waals surface area contributed by atoms with Crippen LogP contribution in [0.3, 0.4) is 0 Å². The third kappa shape index (κ3) is 3.45. The zero-order valence-electron chi connectivity index (χ0n) is 25.0. The Morgan fingerprint density at radius 1 is 0.895 bits per heavy atom. The van der Waals surface area contributed by atoms with Crippen LogP contribution < -0.4 is 0 Å². The average Bonchev–Trinajstić information content (AvgIpc) is 3.26. The van der Waals surface area contributed by atoms with E-state index in [1.165, 1.54) is 12.5 Å². The molecule has 10 atom stereocenters. The fourth-order valence-electron chi connectivity index (χ4n) is 12.2. The van der Waals surface area contributed by atoms with Crippen LogP contribution in [-0.2, 0) is 19.1 Å². The number of hydrogen-bond acceptors (Lipinski definition) is 5. The van der Waals surface area contributed by atoms with Crippen LogP contribution in [0.2, 0.25) is 0 Å². The average molecular weight is 529 g/mol. The Labute approximate surface area is 230 Å². The molecule has 0 saturated heterocycles. The van der Waals surface area contributed by atoms with Gasteiger partial charge in [-0.25, -0.2) is 0 Å². The number of allylic oxidation sites excluding steroid dienone is 1. The maximum absolute atomic E-state index is 13.4. The van der Waals surface area contributed by atoms with Gasteiger partial charge in [0.2, 0.25) is 0 Å². The van der Waals surface area contributed by atoms with Crippen molar-refractivity contribution in [3.8, 4) is 0 Å². The Morgan fingerprint density at radius 2 is 1.61 bits per heavy atom. The van der Waals surface area contributed by atoms with Crippen LogP contribution in [-0.4, -0.2) is 36.9 Å². The lowest BCUT2D eigenvalue weighted by Crippen LogP contribution is -2.68. The summed E-state index contributed by atoms with van der Waals surface area (Å²) in [7, 11) is 1.55. The molecule has 0 amide bonds. The van der Waals surface area contributed by atoms with E-state index in [0.717, 1.165) is 64.2 Å². The van der Waals surface area contributed by atoms with Gasteiger partial charge in [-0.3, -0.25) is 9.59 Å². The first-order valence-corrected chi connectivity index (χ1v) is 15.3. The molecule has 5 rings (SSSR count). The molecule has 0 radical (unpaired) electrons. The number of fused-ring (bicyclic) bond motifs is 7. The van der Waals surface area contributed by atoms with Crippen LogP contribution in [0.25, 0.3) is 0 Å². The molecule has 5 aliphatic carbocycles. The Balaban J connectivity index is 1.55. The van der Waals surface area contributed by atoms with E-state index in [2.05, 4.69) is 41.2 Å². The van der Waals surface area contributed by atoms with Crippen molar-refractivity contribution in [3.05, 3.63) is 12.2 Å². The highest BCUT2D eigenvalue weighted by atomic mass is 16.5. The SMILES string of the molecule is C=C(C)[C@@H]1CC[C@]2(C(=O)OC)CC[C@]3(CO)[C@H](CC[C@@H]4[C@@]5(C)CC[C@H](OC(C)=O)C(C)(C)[C@@H]5CC[C@]43C)[C@@H]12. The van der Waals surface area contributed by atoms with E-state index in [4.69, 9.17) is 9.47 Å². The molecule has 5 nitrogen and oxygen atoms in total. The fraction of sp³-hybridized carbons (Fsp3) is 0.879. The number of methoxy groups -OCH3 is 1. The molecule has 5 fully saturated rings. The number of carbonyl (C=O) groups excluding carboxylic acids is 2. The summed E-state index contributed by atoms with van der Waals surface area (Å²) in [5.74, 6) is 1.59. The number of carbonyl (C=O) groups is 2. The van der Waals surface area contributed by atoms with Crippen LogP contribution in [0.4, 0.5) is 0 Å². The molecular weight excluding hydrogens is 476 g/mol. The lowest BCUT2D eigenvalue weighted by atomic mass is 9.32. The molecule has 0 spiro atoms. The smallest absolute Gasteiger partial charge is 0.312 e. The van der Waals surface area contributed by atoms with Gasteiger partial charge < -0.3 is 14.6 Å².